The highest BCUT2D eigenvalue weighted by molar-refractivity contribution is 6.08. The zero-order chi connectivity index (χ0) is 24.2. The van der Waals surface area contributed by atoms with E-state index in [0.717, 1.165) is 25.7 Å². The van der Waals surface area contributed by atoms with Crippen LogP contribution in [0.4, 0.5) is 8.78 Å². The molecular formula is C23H31F2N5O3. The van der Waals surface area contributed by atoms with Crippen LogP contribution in [-0.4, -0.2) is 55.0 Å². The summed E-state index contributed by atoms with van der Waals surface area (Å²) in [7, 11) is 0. The van der Waals surface area contributed by atoms with Crippen molar-refractivity contribution in [3.63, 3.8) is 0 Å². The van der Waals surface area contributed by atoms with Crippen molar-refractivity contribution in [3.05, 3.63) is 34.9 Å². The molecule has 1 aliphatic heterocycles. The monoisotopic (exact) mass is 463 g/mol. The Labute approximate surface area is 191 Å². The van der Waals surface area contributed by atoms with E-state index in [1.54, 1.807) is 6.07 Å². The molecule has 5 N–H and O–H groups in total. The van der Waals surface area contributed by atoms with Crippen molar-refractivity contribution in [1.29, 1.82) is 5.41 Å². The normalized spacial score (nSPS) is 22.1. The van der Waals surface area contributed by atoms with E-state index in [-0.39, 0.29) is 29.0 Å². The van der Waals surface area contributed by atoms with Gasteiger partial charge in [-0.05, 0) is 31.4 Å². The van der Waals surface area contributed by atoms with Gasteiger partial charge in [-0.2, -0.15) is 8.78 Å². The van der Waals surface area contributed by atoms with Gasteiger partial charge in [-0.25, -0.2) is 0 Å². The van der Waals surface area contributed by atoms with Gasteiger partial charge in [0.05, 0.1) is 5.41 Å². The first kappa shape index (κ1) is 24.9. The van der Waals surface area contributed by atoms with Crippen LogP contribution < -0.4 is 21.3 Å². The summed E-state index contributed by atoms with van der Waals surface area (Å²) in [5, 5.41) is 19.5. The average molecular weight is 464 g/mol. The van der Waals surface area contributed by atoms with Crippen molar-refractivity contribution in [2.45, 2.75) is 64.1 Å². The molecule has 180 valence electrons. The van der Waals surface area contributed by atoms with Gasteiger partial charge in [0.15, 0.2) is 0 Å². The molecule has 1 aromatic carbocycles. The van der Waals surface area contributed by atoms with Gasteiger partial charge >= 0.3 is 5.92 Å². The van der Waals surface area contributed by atoms with E-state index >= 15 is 0 Å². The number of amidine groups is 1. The Morgan fingerprint density at radius 3 is 2.48 bits per heavy atom. The Hall–Kier alpha value is -2.72. The molecule has 33 heavy (non-hydrogen) atoms. The molecule has 2 fully saturated rings. The topological polar surface area (TPSA) is 123 Å². The van der Waals surface area contributed by atoms with Crippen molar-refractivity contribution in [1.82, 2.24) is 21.3 Å². The molecule has 0 spiro atoms. The maximum atomic E-state index is 13.1. The van der Waals surface area contributed by atoms with Crippen LogP contribution in [-0.2, 0) is 16.1 Å². The number of hydrogen-bond donors (Lipinski definition) is 5. The number of rotatable bonds is 8. The van der Waals surface area contributed by atoms with E-state index < -0.39 is 17.7 Å². The van der Waals surface area contributed by atoms with Crippen molar-refractivity contribution in [2.75, 3.05) is 13.1 Å². The summed E-state index contributed by atoms with van der Waals surface area (Å²) in [6.07, 6.45) is 4.49. The number of alkyl halides is 2. The van der Waals surface area contributed by atoms with Crippen molar-refractivity contribution in [2.24, 2.45) is 5.41 Å². The largest absolute Gasteiger partial charge is 0.351 e. The number of halogens is 2. The van der Waals surface area contributed by atoms with Crippen LogP contribution in [0.5, 0.6) is 0 Å². The molecule has 8 nitrogen and oxygen atoms in total. The molecule has 1 aliphatic carbocycles. The van der Waals surface area contributed by atoms with Crippen LogP contribution >= 0.6 is 0 Å². The molecule has 0 aromatic heterocycles. The van der Waals surface area contributed by atoms with E-state index in [0.29, 0.717) is 44.0 Å². The first-order valence-electron chi connectivity index (χ1n) is 11.1. The van der Waals surface area contributed by atoms with Gasteiger partial charge < -0.3 is 21.3 Å². The van der Waals surface area contributed by atoms with E-state index in [9.17, 15) is 23.2 Å². The molecule has 2 aliphatic rings. The lowest BCUT2D eigenvalue weighted by Gasteiger charge is -2.41. The summed E-state index contributed by atoms with van der Waals surface area (Å²) in [6, 6.07) is 4.59. The zero-order valence-corrected chi connectivity index (χ0v) is 18.9. The van der Waals surface area contributed by atoms with E-state index in [1.165, 1.54) is 12.1 Å². The molecule has 0 radical (unpaired) electrons. The maximum Gasteiger partial charge on any atom is 0.322 e. The maximum absolute atomic E-state index is 13.1. The highest BCUT2D eigenvalue weighted by Gasteiger charge is 2.41. The second-order valence-corrected chi connectivity index (χ2v) is 9.26. The molecule has 2 unspecified atom stereocenters. The molecule has 0 bridgehead atoms. The fourth-order valence-corrected chi connectivity index (χ4v) is 4.11. The van der Waals surface area contributed by atoms with Crippen LogP contribution in [0.25, 0.3) is 0 Å². The minimum atomic E-state index is -3.61. The standard InChI is InChI=1S/C23H31F2N5O3/c1-22(12-27-13-22)20(32)29-18-6-4-3-5-17(18)28-10-15-8-7-14(9-16(15)11-31)19(26)30-21(33)23(2,24)25/h7-9,11,17-18,27-28H,3-6,10,12-13H2,1-2H3,(H,29,32)(H2,26,30,33). The Morgan fingerprint density at radius 1 is 1.24 bits per heavy atom. The first-order valence-corrected chi connectivity index (χ1v) is 11.1. The SMILES string of the molecule is CC(F)(F)C(=O)NC(=N)c1ccc(CNC2CCCCC2NC(=O)C2(C)CNC2)c(C=O)c1. The molecule has 1 saturated carbocycles. The van der Waals surface area contributed by atoms with Crippen LogP contribution in [0.2, 0.25) is 0 Å². The van der Waals surface area contributed by atoms with Gasteiger partial charge in [-0.3, -0.25) is 19.8 Å². The summed E-state index contributed by atoms with van der Waals surface area (Å²) >= 11 is 0. The lowest BCUT2D eigenvalue weighted by Crippen LogP contribution is -2.63. The van der Waals surface area contributed by atoms with E-state index in [4.69, 9.17) is 5.41 Å². The number of nitrogens with one attached hydrogen (secondary N) is 5. The Kier molecular flexibility index (Phi) is 7.58. The summed E-state index contributed by atoms with van der Waals surface area (Å²) in [5.74, 6) is -5.64. The fourth-order valence-electron chi connectivity index (χ4n) is 4.11. The number of amides is 2. The van der Waals surface area contributed by atoms with Crippen LogP contribution in [0.15, 0.2) is 18.2 Å². The van der Waals surface area contributed by atoms with Crippen molar-refractivity contribution < 1.29 is 23.2 Å². The minimum Gasteiger partial charge on any atom is -0.351 e. The van der Waals surface area contributed by atoms with Gasteiger partial charge in [-0.15, -0.1) is 0 Å². The van der Waals surface area contributed by atoms with E-state index in [2.05, 4.69) is 16.0 Å². The Morgan fingerprint density at radius 2 is 1.91 bits per heavy atom. The summed E-state index contributed by atoms with van der Waals surface area (Å²) in [5.41, 5.74) is 0.763. The summed E-state index contributed by atoms with van der Waals surface area (Å²) in [6.45, 7) is 4.11. The lowest BCUT2D eigenvalue weighted by atomic mass is 9.82. The number of benzene rings is 1. The van der Waals surface area contributed by atoms with Gasteiger partial charge in [0, 0.05) is 49.8 Å². The van der Waals surface area contributed by atoms with E-state index in [1.807, 2.05) is 12.2 Å². The molecule has 1 saturated heterocycles. The third kappa shape index (κ3) is 6.00. The predicted octanol–water partition coefficient (Wildman–Crippen LogP) is 1.72. The predicted molar refractivity (Wildman–Crippen MR) is 119 cm³/mol. The highest BCUT2D eigenvalue weighted by atomic mass is 19.3. The minimum absolute atomic E-state index is 0.00160. The van der Waals surface area contributed by atoms with Crippen molar-refractivity contribution in [3.8, 4) is 0 Å². The molecule has 2 amide bonds. The number of carbonyl (C=O) groups is 3. The average Bonchev–Trinajstić information content (AvgIpc) is 2.75. The number of aldehydes is 1. The Bertz CT molecular complexity index is 927. The second kappa shape index (κ2) is 10.0. The van der Waals surface area contributed by atoms with Crippen LogP contribution in [0, 0.1) is 10.8 Å². The first-order chi connectivity index (χ1) is 15.5. The van der Waals surface area contributed by atoms with Crippen LogP contribution in [0.1, 0.15) is 61.0 Å². The van der Waals surface area contributed by atoms with Crippen LogP contribution in [0.3, 0.4) is 0 Å². The molecule has 1 aromatic rings. The second-order valence-electron chi connectivity index (χ2n) is 9.26. The van der Waals surface area contributed by atoms with Gasteiger partial charge in [0.25, 0.3) is 5.91 Å². The van der Waals surface area contributed by atoms with Gasteiger partial charge in [-0.1, -0.05) is 25.0 Å². The summed E-state index contributed by atoms with van der Waals surface area (Å²) in [4.78, 5) is 35.7. The molecule has 3 rings (SSSR count). The van der Waals surface area contributed by atoms with Gasteiger partial charge in [0.1, 0.15) is 12.1 Å². The number of hydrogen-bond acceptors (Lipinski definition) is 6. The summed E-state index contributed by atoms with van der Waals surface area (Å²) < 4.78 is 26.2. The smallest absolute Gasteiger partial charge is 0.322 e. The molecule has 1 heterocycles. The van der Waals surface area contributed by atoms with Crippen molar-refractivity contribution >= 4 is 23.9 Å². The molecule has 2 atom stereocenters. The molecule has 10 heteroatoms. The lowest BCUT2D eigenvalue weighted by molar-refractivity contribution is -0.141. The quantitative estimate of drug-likeness (QED) is 0.228. The van der Waals surface area contributed by atoms with Gasteiger partial charge in [0.2, 0.25) is 5.91 Å². The third-order valence-electron chi connectivity index (χ3n) is 6.41. The molecular weight excluding hydrogens is 432 g/mol. The third-order valence-corrected chi connectivity index (χ3v) is 6.41. The highest BCUT2D eigenvalue weighted by Crippen LogP contribution is 2.25. The fraction of sp³-hybridized carbons (Fsp3) is 0.565. The Balaban J connectivity index is 1.63. The zero-order valence-electron chi connectivity index (χ0n) is 18.9. The number of carbonyl (C=O) groups excluding carboxylic acids is 3.